The second kappa shape index (κ2) is 6.18. The third kappa shape index (κ3) is 4.38. The van der Waals surface area contributed by atoms with Crippen LogP contribution in [0.5, 0.6) is 0 Å². The van der Waals surface area contributed by atoms with E-state index in [1.165, 1.54) is 42.2 Å². The summed E-state index contributed by atoms with van der Waals surface area (Å²) in [6.07, 6.45) is 2.74. The minimum absolute atomic E-state index is 0.517. The van der Waals surface area contributed by atoms with Gasteiger partial charge in [0.2, 0.25) is 0 Å². The molecular formula is C15H26N2S. The molecule has 102 valence electrons. The van der Waals surface area contributed by atoms with Crippen LogP contribution in [0.25, 0.3) is 0 Å². The summed E-state index contributed by atoms with van der Waals surface area (Å²) in [6, 6.07) is 4.44. The first kappa shape index (κ1) is 14.0. The van der Waals surface area contributed by atoms with E-state index in [-0.39, 0.29) is 0 Å². The number of hydrogen-bond acceptors (Lipinski definition) is 3. The normalized spacial score (nSPS) is 20.2. The topological polar surface area (TPSA) is 15.3 Å². The van der Waals surface area contributed by atoms with Crippen molar-refractivity contribution < 1.29 is 0 Å². The third-order valence-corrected chi connectivity index (χ3v) is 4.68. The van der Waals surface area contributed by atoms with Crippen LogP contribution in [0.1, 0.15) is 36.4 Å². The molecule has 1 fully saturated rings. The lowest BCUT2D eigenvalue weighted by Crippen LogP contribution is -2.42. The molecule has 0 spiro atoms. The molecule has 0 radical (unpaired) electrons. The van der Waals surface area contributed by atoms with E-state index in [2.05, 4.69) is 43.1 Å². The molecule has 1 aliphatic rings. The smallest absolute Gasteiger partial charge is 0.0300 e. The van der Waals surface area contributed by atoms with E-state index in [9.17, 15) is 0 Å². The molecule has 1 aromatic rings. The predicted octanol–water partition coefficient (Wildman–Crippen LogP) is 3.27. The first-order valence-corrected chi connectivity index (χ1v) is 7.85. The van der Waals surface area contributed by atoms with Crippen molar-refractivity contribution in [2.75, 3.05) is 26.2 Å². The van der Waals surface area contributed by atoms with Crippen molar-refractivity contribution in [1.29, 1.82) is 0 Å². The van der Waals surface area contributed by atoms with E-state index >= 15 is 0 Å². The summed E-state index contributed by atoms with van der Waals surface area (Å²) in [5, 5.41) is 3.56. The summed E-state index contributed by atoms with van der Waals surface area (Å²) >= 11 is 1.90. The average molecular weight is 266 g/mol. The molecule has 1 aliphatic heterocycles. The first-order chi connectivity index (χ1) is 8.55. The molecule has 0 amide bonds. The van der Waals surface area contributed by atoms with Crippen molar-refractivity contribution >= 4 is 11.3 Å². The highest BCUT2D eigenvalue weighted by Crippen LogP contribution is 2.27. The van der Waals surface area contributed by atoms with E-state index in [4.69, 9.17) is 0 Å². The Labute approximate surface area is 115 Å². The Morgan fingerprint density at radius 2 is 2.22 bits per heavy atom. The number of thiophene rings is 1. The molecule has 0 saturated carbocycles. The Balaban J connectivity index is 1.63. The van der Waals surface area contributed by atoms with Crippen LogP contribution in [0.3, 0.4) is 0 Å². The van der Waals surface area contributed by atoms with E-state index in [1.54, 1.807) is 0 Å². The van der Waals surface area contributed by atoms with Crippen LogP contribution in [0, 0.1) is 12.3 Å². The molecule has 0 atom stereocenters. The Morgan fingerprint density at radius 1 is 1.39 bits per heavy atom. The lowest BCUT2D eigenvalue weighted by atomic mass is 9.84. The molecule has 1 N–H and O–H groups in total. The molecule has 0 aliphatic carbocycles. The largest absolute Gasteiger partial charge is 0.311 e. The van der Waals surface area contributed by atoms with Gasteiger partial charge in [-0.1, -0.05) is 13.8 Å². The second-order valence-corrected chi connectivity index (χ2v) is 7.61. The van der Waals surface area contributed by atoms with Gasteiger partial charge in [0.05, 0.1) is 0 Å². The van der Waals surface area contributed by atoms with E-state index in [1.807, 2.05) is 11.3 Å². The number of likely N-dealkylation sites (tertiary alicyclic amines) is 1. The zero-order valence-electron chi connectivity index (χ0n) is 12.0. The maximum atomic E-state index is 3.56. The van der Waals surface area contributed by atoms with E-state index < -0.39 is 0 Å². The van der Waals surface area contributed by atoms with Gasteiger partial charge in [0.25, 0.3) is 0 Å². The fourth-order valence-electron chi connectivity index (χ4n) is 2.76. The van der Waals surface area contributed by atoms with Gasteiger partial charge in [-0.3, -0.25) is 0 Å². The SMILES string of the molecule is Cc1ccc(CNCCN2CCCC(C)(C)C2)s1. The minimum atomic E-state index is 0.517. The average Bonchev–Trinajstić information content (AvgIpc) is 2.69. The number of aryl methyl sites for hydroxylation is 1. The molecule has 2 nitrogen and oxygen atoms in total. The van der Waals surface area contributed by atoms with Crippen molar-refractivity contribution in [3.05, 3.63) is 21.9 Å². The summed E-state index contributed by atoms with van der Waals surface area (Å²) in [5.41, 5.74) is 0.517. The van der Waals surface area contributed by atoms with Crippen LogP contribution < -0.4 is 5.32 Å². The summed E-state index contributed by atoms with van der Waals surface area (Å²) in [4.78, 5) is 5.46. The fourth-order valence-corrected chi connectivity index (χ4v) is 3.62. The van der Waals surface area contributed by atoms with Crippen LogP contribution in [0.15, 0.2) is 12.1 Å². The van der Waals surface area contributed by atoms with Crippen LogP contribution in [-0.2, 0) is 6.54 Å². The number of rotatable bonds is 5. The number of nitrogens with zero attached hydrogens (tertiary/aromatic N) is 1. The molecule has 0 aromatic carbocycles. The fraction of sp³-hybridized carbons (Fsp3) is 0.733. The number of piperidine rings is 1. The third-order valence-electron chi connectivity index (χ3n) is 3.68. The highest BCUT2D eigenvalue weighted by molar-refractivity contribution is 7.11. The lowest BCUT2D eigenvalue weighted by molar-refractivity contribution is 0.118. The Morgan fingerprint density at radius 3 is 2.89 bits per heavy atom. The predicted molar refractivity (Wildman–Crippen MR) is 80.2 cm³/mol. The molecule has 3 heteroatoms. The van der Waals surface area contributed by atoms with Crippen molar-refractivity contribution in [3.8, 4) is 0 Å². The molecule has 0 bridgehead atoms. The van der Waals surface area contributed by atoms with Gasteiger partial charge < -0.3 is 10.2 Å². The van der Waals surface area contributed by atoms with Crippen molar-refractivity contribution in [2.45, 2.75) is 40.2 Å². The highest BCUT2D eigenvalue weighted by Gasteiger charge is 2.25. The molecule has 1 saturated heterocycles. The van der Waals surface area contributed by atoms with Gasteiger partial charge in [-0.25, -0.2) is 0 Å². The quantitative estimate of drug-likeness (QED) is 0.823. The van der Waals surface area contributed by atoms with Gasteiger partial charge in [-0.2, -0.15) is 0 Å². The maximum absolute atomic E-state index is 3.56. The maximum Gasteiger partial charge on any atom is 0.0300 e. The molecule has 2 rings (SSSR count). The summed E-state index contributed by atoms with van der Waals surface area (Å²) in [5.74, 6) is 0. The van der Waals surface area contributed by atoms with Crippen LogP contribution >= 0.6 is 11.3 Å². The van der Waals surface area contributed by atoms with Crippen LogP contribution in [0.4, 0.5) is 0 Å². The van der Waals surface area contributed by atoms with Gasteiger partial charge in [0, 0.05) is 35.9 Å². The molecule has 18 heavy (non-hydrogen) atoms. The highest BCUT2D eigenvalue weighted by atomic mass is 32.1. The van der Waals surface area contributed by atoms with Crippen LogP contribution in [0.2, 0.25) is 0 Å². The van der Waals surface area contributed by atoms with Crippen molar-refractivity contribution in [2.24, 2.45) is 5.41 Å². The lowest BCUT2D eigenvalue weighted by Gasteiger charge is -2.38. The zero-order valence-corrected chi connectivity index (χ0v) is 12.8. The molecule has 1 aromatic heterocycles. The molecule has 0 unspecified atom stereocenters. The summed E-state index contributed by atoms with van der Waals surface area (Å²) < 4.78 is 0. The summed E-state index contributed by atoms with van der Waals surface area (Å²) in [7, 11) is 0. The van der Waals surface area contributed by atoms with E-state index in [0.29, 0.717) is 5.41 Å². The van der Waals surface area contributed by atoms with E-state index in [0.717, 1.165) is 13.1 Å². The van der Waals surface area contributed by atoms with Crippen molar-refractivity contribution in [1.82, 2.24) is 10.2 Å². The molecular weight excluding hydrogens is 240 g/mol. The minimum Gasteiger partial charge on any atom is -0.311 e. The van der Waals surface area contributed by atoms with Crippen molar-refractivity contribution in [3.63, 3.8) is 0 Å². The Kier molecular flexibility index (Phi) is 4.82. The zero-order chi connectivity index (χ0) is 13.0. The van der Waals surface area contributed by atoms with Crippen LogP contribution in [-0.4, -0.2) is 31.1 Å². The van der Waals surface area contributed by atoms with Gasteiger partial charge in [-0.15, -0.1) is 11.3 Å². The van der Waals surface area contributed by atoms with Gasteiger partial charge in [0.15, 0.2) is 0 Å². The van der Waals surface area contributed by atoms with Gasteiger partial charge in [0.1, 0.15) is 0 Å². The van der Waals surface area contributed by atoms with Gasteiger partial charge >= 0.3 is 0 Å². The summed E-state index contributed by atoms with van der Waals surface area (Å²) in [6.45, 7) is 12.8. The molecule has 2 heterocycles. The Hall–Kier alpha value is -0.380. The van der Waals surface area contributed by atoms with Gasteiger partial charge in [-0.05, 0) is 43.9 Å². The second-order valence-electron chi connectivity index (χ2n) is 6.23. The number of hydrogen-bond donors (Lipinski definition) is 1. The standard InChI is InChI=1S/C15H26N2S/c1-13-5-6-14(18-13)11-16-8-10-17-9-4-7-15(2,3)12-17/h5-6,16H,4,7-12H2,1-3H3. The number of nitrogens with one attached hydrogen (secondary N) is 1. The Bertz CT molecular complexity index is 370. The monoisotopic (exact) mass is 266 g/mol. The first-order valence-electron chi connectivity index (χ1n) is 7.04.